The van der Waals surface area contributed by atoms with Crippen molar-refractivity contribution in [3.05, 3.63) is 34.9 Å². The summed E-state index contributed by atoms with van der Waals surface area (Å²) in [5, 5.41) is 9.40. The standard InChI is InChI=1S/C9H9BrO2/c1-6-2-7(5-10)4-8(3-6)9(11)12/h2-4H,5H2,1H3,(H,11,12). The highest BCUT2D eigenvalue weighted by Crippen LogP contribution is 2.12. The lowest BCUT2D eigenvalue weighted by Crippen LogP contribution is -1.97. The zero-order chi connectivity index (χ0) is 9.14. The molecule has 0 fully saturated rings. The number of aromatic carboxylic acids is 1. The van der Waals surface area contributed by atoms with Gasteiger partial charge in [0, 0.05) is 5.33 Å². The number of benzene rings is 1. The van der Waals surface area contributed by atoms with Crippen LogP contribution in [0.15, 0.2) is 18.2 Å². The van der Waals surface area contributed by atoms with Crippen LogP contribution in [0, 0.1) is 6.92 Å². The second-order valence-electron chi connectivity index (χ2n) is 2.65. The summed E-state index contributed by atoms with van der Waals surface area (Å²) in [5.74, 6) is -0.874. The SMILES string of the molecule is Cc1cc(CBr)cc(C(=O)O)c1. The lowest BCUT2D eigenvalue weighted by atomic mass is 10.1. The predicted octanol–water partition coefficient (Wildman–Crippen LogP) is 2.59. The number of halogens is 1. The molecular formula is C9H9BrO2. The van der Waals surface area contributed by atoms with Crippen LogP contribution in [0.1, 0.15) is 21.5 Å². The van der Waals surface area contributed by atoms with Crippen molar-refractivity contribution < 1.29 is 9.90 Å². The molecule has 0 unspecified atom stereocenters. The maximum absolute atomic E-state index is 10.6. The van der Waals surface area contributed by atoms with E-state index in [1.165, 1.54) is 0 Å². The minimum Gasteiger partial charge on any atom is -0.478 e. The Morgan fingerprint density at radius 1 is 1.50 bits per heavy atom. The van der Waals surface area contributed by atoms with Crippen LogP contribution in [-0.4, -0.2) is 11.1 Å². The number of carboxylic acid groups (broad SMARTS) is 1. The fraction of sp³-hybridized carbons (Fsp3) is 0.222. The molecule has 0 radical (unpaired) electrons. The highest BCUT2D eigenvalue weighted by molar-refractivity contribution is 9.08. The first kappa shape index (κ1) is 9.26. The molecule has 1 rings (SSSR count). The van der Waals surface area contributed by atoms with Crippen LogP contribution >= 0.6 is 15.9 Å². The van der Waals surface area contributed by atoms with Crippen molar-refractivity contribution >= 4 is 21.9 Å². The quantitative estimate of drug-likeness (QED) is 0.791. The smallest absolute Gasteiger partial charge is 0.335 e. The molecule has 1 aromatic carbocycles. The molecule has 12 heavy (non-hydrogen) atoms. The summed E-state index contributed by atoms with van der Waals surface area (Å²) >= 11 is 3.28. The molecule has 0 heterocycles. The predicted molar refractivity (Wildman–Crippen MR) is 50.8 cm³/mol. The van der Waals surface area contributed by atoms with E-state index in [0.717, 1.165) is 11.1 Å². The van der Waals surface area contributed by atoms with Gasteiger partial charge in [-0.05, 0) is 30.2 Å². The van der Waals surface area contributed by atoms with Crippen LogP contribution in [-0.2, 0) is 5.33 Å². The van der Waals surface area contributed by atoms with Gasteiger partial charge in [0.1, 0.15) is 0 Å². The minimum absolute atomic E-state index is 0.351. The van der Waals surface area contributed by atoms with E-state index in [1.54, 1.807) is 12.1 Å². The van der Waals surface area contributed by atoms with E-state index in [-0.39, 0.29) is 0 Å². The summed E-state index contributed by atoms with van der Waals surface area (Å²) in [6.07, 6.45) is 0. The van der Waals surface area contributed by atoms with Gasteiger partial charge >= 0.3 is 5.97 Å². The highest BCUT2D eigenvalue weighted by atomic mass is 79.9. The van der Waals surface area contributed by atoms with Crippen LogP contribution < -0.4 is 0 Å². The lowest BCUT2D eigenvalue weighted by molar-refractivity contribution is 0.0696. The number of aryl methyl sites for hydroxylation is 1. The number of alkyl halides is 1. The van der Waals surface area contributed by atoms with Crippen LogP contribution in [0.25, 0.3) is 0 Å². The van der Waals surface area contributed by atoms with Crippen molar-refractivity contribution in [2.75, 3.05) is 0 Å². The lowest BCUT2D eigenvalue weighted by Gasteiger charge is -2.00. The first-order chi connectivity index (χ1) is 5.63. The monoisotopic (exact) mass is 228 g/mol. The fourth-order valence-electron chi connectivity index (χ4n) is 1.06. The number of carbonyl (C=O) groups is 1. The minimum atomic E-state index is -0.874. The van der Waals surface area contributed by atoms with Gasteiger partial charge in [-0.3, -0.25) is 0 Å². The highest BCUT2D eigenvalue weighted by Gasteiger charge is 2.03. The number of hydrogen-bond donors (Lipinski definition) is 1. The summed E-state index contributed by atoms with van der Waals surface area (Å²) < 4.78 is 0. The Labute approximate surface area is 79.3 Å². The van der Waals surface area contributed by atoms with Gasteiger partial charge in [0.05, 0.1) is 5.56 Å². The Morgan fingerprint density at radius 2 is 2.17 bits per heavy atom. The molecule has 0 spiro atoms. The maximum atomic E-state index is 10.6. The molecule has 0 amide bonds. The van der Waals surface area contributed by atoms with E-state index in [1.807, 2.05) is 13.0 Å². The molecule has 0 aliphatic carbocycles. The maximum Gasteiger partial charge on any atom is 0.335 e. The zero-order valence-electron chi connectivity index (χ0n) is 6.67. The van der Waals surface area contributed by atoms with Crippen molar-refractivity contribution in [1.82, 2.24) is 0 Å². The van der Waals surface area contributed by atoms with E-state index < -0.39 is 5.97 Å². The van der Waals surface area contributed by atoms with E-state index in [2.05, 4.69) is 15.9 Å². The zero-order valence-corrected chi connectivity index (χ0v) is 8.26. The molecular weight excluding hydrogens is 220 g/mol. The second-order valence-corrected chi connectivity index (χ2v) is 3.21. The number of hydrogen-bond acceptors (Lipinski definition) is 1. The Hall–Kier alpha value is -0.830. The number of rotatable bonds is 2. The van der Waals surface area contributed by atoms with Gasteiger partial charge in [-0.2, -0.15) is 0 Å². The third kappa shape index (κ3) is 2.08. The Morgan fingerprint density at radius 3 is 2.67 bits per heavy atom. The van der Waals surface area contributed by atoms with Crippen LogP contribution in [0.3, 0.4) is 0 Å². The average molecular weight is 229 g/mol. The largest absolute Gasteiger partial charge is 0.478 e. The molecule has 0 saturated heterocycles. The molecule has 0 atom stereocenters. The fourth-order valence-corrected chi connectivity index (χ4v) is 1.39. The van der Waals surface area contributed by atoms with Crippen LogP contribution in [0.5, 0.6) is 0 Å². The molecule has 0 aliphatic rings. The summed E-state index contributed by atoms with van der Waals surface area (Å²) in [6.45, 7) is 1.89. The molecule has 0 bridgehead atoms. The summed E-state index contributed by atoms with van der Waals surface area (Å²) in [4.78, 5) is 10.6. The Balaban J connectivity index is 3.15. The third-order valence-corrected chi connectivity index (χ3v) is 2.19. The average Bonchev–Trinajstić information content (AvgIpc) is 2.03. The molecule has 64 valence electrons. The molecule has 3 heteroatoms. The molecule has 1 aromatic rings. The molecule has 0 aromatic heterocycles. The second kappa shape index (κ2) is 3.72. The topological polar surface area (TPSA) is 37.3 Å². The normalized spacial score (nSPS) is 9.83. The van der Waals surface area contributed by atoms with E-state index in [4.69, 9.17) is 5.11 Å². The first-order valence-corrected chi connectivity index (χ1v) is 4.65. The van der Waals surface area contributed by atoms with Gasteiger partial charge in [-0.15, -0.1) is 0 Å². The molecule has 0 saturated carbocycles. The van der Waals surface area contributed by atoms with Gasteiger partial charge in [-0.1, -0.05) is 22.0 Å². The van der Waals surface area contributed by atoms with Crippen molar-refractivity contribution in [2.24, 2.45) is 0 Å². The first-order valence-electron chi connectivity index (χ1n) is 3.53. The van der Waals surface area contributed by atoms with Gasteiger partial charge in [-0.25, -0.2) is 4.79 Å². The van der Waals surface area contributed by atoms with E-state index in [9.17, 15) is 4.79 Å². The summed E-state index contributed by atoms with van der Waals surface area (Å²) in [6, 6.07) is 5.29. The summed E-state index contributed by atoms with van der Waals surface area (Å²) in [7, 11) is 0. The Kier molecular flexibility index (Phi) is 2.87. The van der Waals surface area contributed by atoms with Gasteiger partial charge < -0.3 is 5.11 Å². The van der Waals surface area contributed by atoms with Crippen LogP contribution in [0.2, 0.25) is 0 Å². The Bertz CT molecular complexity index is 307. The molecule has 2 nitrogen and oxygen atoms in total. The van der Waals surface area contributed by atoms with Crippen LogP contribution in [0.4, 0.5) is 0 Å². The van der Waals surface area contributed by atoms with E-state index >= 15 is 0 Å². The molecule has 1 N–H and O–H groups in total. The van der Waals surface area contributed by atoms with Crippen molar-refractivity contribution in [1.29, 1.82) is 0 Å². The van der Waals surface area contributed by atoms with Crippen molar-refractivity contribution in [3.63, 3.8) is 0 Å². The number of carboxylic acids is 1. The molecule has 0 aliphatic heterocycles. The van der Waals surface area contributed by atoms with Crippen molar-refractivity contribution in [3.8, 4) is 0 Å². The van der Waals surface area contributed by atoms with Gasteiger partial charge in [0.2, 0.25) is 0 Å². The summed E-state index contributed by atoms with van der Waals surface area (Å²) in [5.41, 5.74) is 2.32. The van der Waals surface area contributed by atoms with E-state index in [0.29, 0.717) is 10.9 Å². The third-order valence-electron chi connectivity index (χ3n) is 1.54. The van der Waals surface area contributed by atoms with Gasteiger partial charge in [0.25, 0.3) is 0 Å². The van der Waals surface area contributed by atoms with Gasteiger partial charge in [0.15, 0.2) is 0 Å². The van der Waals surface area contributed by atoms with Crippen molar-refractivity contribution in [2.45, 2.75) is 12.3 Å².